The van der Waals surface area contributed by atoms with Crippen LogP contribution in [0.1, 0.15) is 32.3 Å². The van der Waals surface area contributed by atoms with Gasteiger partial charge in [0.1, 0.15) is 6.07 Å². The number of nitro benzene ring substituents is 1. The molecule has 0 aromatic heterocycles. The molecule has 106 valence electrons. The summed E-state index contributed by atoms with van der Waals surface area (Å²) in [6, 6.07) is 6.53. The second-order valence-electron chi connectivity index (χ2n) is 5.17. The first-order valence-electron chi connectivity index (χ1n) is 6.60. The maximum Gasteiger partial charge on any atom is 0.270 e. The Kier molecular flexibility index (Phi) is 4.20. The Morgan fingerprint density at radius 3 is 2.60 bits per heavy atom. The Labute approximate surface area is 117 Å². The highest BCUT2D eigenvalue weighted by molar-refractivity contribution is 5.61. The third-order valence-electron chi connectivity index (χ3n) is 3.39. The van der Waals surface area contributed by atoms with Crippen molar-refractivity contribution in [3.63, 3.8) is 0 Å². The minimum atomic E-state index is -0.497. The van der Waals surface area contributed by atoms with Gasteiger partial charge in [0.25, 0.3) is 5.69 Å². The average molecular weight is 275 g/mol. The fraction of sp³-hybridized carbons (Fsp3) is 0.500. The molecule has 2 rings (SSSR count). The molecule has 0 saturated carbocycles. The zero-order chi connectivity index (χ0) is 14.7. The molecular weight excluding hydrogens is 258 g/mol. The predicted octanol–water partition coefficient (Wildman–Crippen LogP) is 2.83. The van der Waals surface area contributed by atoms with Gasteiger partial charge in [-0.05, 0) is 32.8 Å². The van der Waals surface area contributed by atoms with Gasteiger partial charge in [0.2, 0.25) is 0 Å². The summed E-state index contributed by atoms with van der Waals surface area (Å²) < 4.78 is 5.67. The monoisotopic (exact) mass is 275 g/mol. The first-order chi connectivity index (χ1) is 9.49. The molecule has 1 saturated heterocycles. The van der Waals surface area contributed by atoms with Gasteiger partial charge in [-0.25, -0.2) is 0 Å². The zero-order valence-corrected chi connectivity index (χ0v) is 11.5. The van der Waals surface area contributed by atoms with Crippen LogP contribution in [0, 0.1) is 21.4 Å². The summed E-state index contributed by atoms with van der Waals surface area (Å²) in [7, 11) is 0. The number of nitriles is 1. The van der Waals surface area contributed by atoms with Gasteiger partial charge in [-0.1, -0.05) is 0 Å². The number of nitro groups is 1. The topological polar surface area (TPSA) is 88.2 Å². The molecule has 0 spiro atoms. The molecule has 1 aliphatic rings. The van der Waals surface area contributed by atoms with E-state index in [4.69, 9.17) is 10.00 Å². The maximum absolute atomic E-state index is 10.7. The Bertz CT molecular complexity index is 543. The third kappa shape index (κ3) is 3.25. The molecule has 20 heavy (non-hydrogen) atoms. The second-order valence-corrected chi connectivity index (χ2v) is 5.17. The van der Waals surface area contributed by atoms with Crippen LogP contribution in [0.4, 0.5) is 11.4 Å². The van der Waals surface area contributed by atoms with Gasteiger partial charge in [0, 0.05) is 18.2 Å². The minimum Gasteiger partial charge on any atom is -0.381 e. The first kappa shape index (κ1) is 14.3. The number of hydrogen-bond donors (Lipinski definition) is 1. The molecule has 0 aliphatic carbocycles. The largest absolute Gasteiger partial charge is 0.381 e. The molecular formula is C14H17N3O3. The Morgan fingerprint density at radius 1 is 1.40 bits per heavy atom. The highest BCUT2D eigenvalue weighted by Crippen LogP contribution is 2.26. The van der Waals surface area contributed by atoms with E-state index in [2.05, 4.69) is 5.32 Å². The van der Waals surface area contributed by atoms with Gasteiger partial charge in [0.05, 0.1) is 28.4 Å². The molecule has 1 aromatic rings. The zero-order valence-electron chi connectivity index (χ0n) is 11.5. The van der Waals surface area contributed by atoms with Crippen molar-refractivity contribution in [1.82, 2.24) is 0 Å². The van der Waals surface area contributed by atoms with Gasteiger partial charge < -0.3 is 10.1 Å². The van der Waals surface area contributed by atoms with Crippen molar-refractivity contribution in [2.75, 3.05) is 5.32 Å². The summed E-state index contributed by atoms with van der Waals surface area (Å²) in [6.07, 6.45) is 2.04. The number of benzene rings is 1. The summed E-state index contributed by atoms with van der Waals surface area (Å²) in [5.41, 5.74) is 0.871. The molecule has 1 N–H and O–H groups in total. The second kappa shape index (κ2) is 5.88. The quantitative estimate of drug-likeness (QED) is 0.676. The van der Waals surface area contributed by atoms with Gasteiger partial charge >= 0.3 is 0 Å². The van der Waals surface area contributed by atoms with Crippen molar-refractivity contribution >= 4 is 11.4 Å². The van der Waals surface area contributed by atoms with Crippen LogP contribution in [0.3, 0.4) is 0 Å². The molecule has 0 bridgehead atoms. The van der Waals surface area contributed by atoms with E-state index in [-0.39, 0.29) is 23.9 Å². The van der Waals surface area contributed by atoms with Crippen LogP contribution in [0.15, 0.2) is 18.2 Å². The number of hydrogen-bond acceptors (Lipinski definition) is 5. The van der Waals surface area contributed by atoms with Crippen LogP contribution in [0.5, 0.6) is 0 Å². The van der Waals surface area contributed by atoms with Crippen LogP contribution in [-0.4, -0.2) is 23.2 Å². The lowest BCUT2D eigenvalue weighted by molar-refractivity contribution is -0.384. The van der Waals surface area contributed by atoms with Crippen LogP contribution in [-0.2, 0) is 4.74 Å². The van der Waals surface area contributed by atoms with Crippen LogP contribution < -0.4 is 5.32 Å². The Balaban J connectivity index is 2.17. The van der Waals surface area contributed by atoms with Crippen molar-refractivity contribution in [3.05, 3.63) is 33.9 Å². The summed E-state index contributed by atoms with van der Waals surface area (Å²) in [5.74, 6) is 0. The van der Waals surface area contributed by atoms with Crippen LogP contribution in [0.25, 0.3) is 0 Å². The van der Waals surface area contributed by atoms with Crippen LogP contribution >= 0.6 is 0 Å². The van der Waals surface area contributed by atoms with E-state index in [0.717, 1.165) is 12.8 Å². The van der Waals surface area contributed by atoms with E-state index in [1.807, 2.05) is 19.9 Å². The lowest BCUT2D eigenvalue weighted by Crippen LogP contribution is -2.37. The van der Waals surface area contributed by atoms with Gasteiger partial charge in [0.15, 0.2) is 0 Å². The summed E-state index contributed by atoms with van der Waals surface area (Å²) in [6.45, 7) is 4.04. The van der Waals surface area contributed by atoms with E-state index in [0.29, 0.717) is 11.3 Å². The van der Waals surface area contributed by atoms with E-state index >= 15 is 0 Å². The maximum atomic E-state index is 10.7. The van der Waals surface area contributed by atoms with Crippen molar-refractivity contribution in [2.24, 2.45) is 0 Å². The fourth-order valence-corrected chi connectivity index (χ4v) is 2.61. The number of anilines is 1. The predicted molar refractivity (Wildman–Crippen MR) is 74.5 cm³/mol. The van der Waals surface area contributed by atoms with Gasteiger partial charge in [-0.3, -0.25) is 10.1 Å². The molecule has 0 radical (unpaired) electrons. The van der Waals surface area contributed by atoms with E-state index < -0.39 is 4.92 Å². The summed E-state index contributed by atoms with van der Waals surface area (Å²) in [5, 5.41) is 23.1. The highest BCUT2D eigenvalue weighted by atomic mass is 16.6. The normalized spacial score (nSPS) is 25.8. The number of rotatable bonds is 3. The fourth-order valence-electron chi connectivity index (χ4n) is 2.61. The number of non-ortho nitro benzene ring substituents is 1. The molecule has 6 heteroatoms. The van der Waals surface area contributed by atoms with Crippen LogP contribution in [0.2, 0.25) is 0 Å². The molecule has 2 atom stereocenters. The number of ether oxygens (including phenoxy) is 1. The summed E-state index contributed by atoms with van der Waals surface area (Å²) >= 11 is 0. The Hall–Kier alpha value is -2.13. The highest BCUT2D eigenvalue weighted by Gasteiger charge is 2.25. The van der Waals surface area contributed by atoms with Crippen molar-refractivity contribution in [2.45, 2.75) is 44.9 Å². The molecule has 1 aliphatic heterocycles. The lowest BCUT2D eigenvalue weighted by atomic mass is 9.99. The first-order valence-corrected chi connectivity index (χ1v) is 6.60. The van der Waals surface area contributed by atoms with Gasteiger partial charge in [-0.15, -0.1) is 0 Å². The smallest absolute Gasteiger partial charge is 0.270 e. The van der Waals surface area contributed by atoms with Crippen molar-refractivity contribution in [1.29, 1.82) is 5.26 Å². The summed E-state index contributed by atoms with van der Waals surface area (Å²) in [4.78, 5) is 10.2. The molecule has 1 fully saturated rings. The molecule has 1 heterocycles. The van der Waals surface area contributed by atoms with Crippen molar-refractivity contribution < 1.29 is 9.66 Å². The third-order valence-corrected chi connectivity index (χ3v) is 3.39. The molecule has 1 aromatic carbocycles. The number of nitrogens with zero attached hydrogens (tertiary/aromatic N) is 2. The standard InChI is InChI=1S/C14H17N3O3/c1-9-5-12(6-10(2)20-9)16-14-4-3-13(17(18)19)7-11(14)8-15/h3-4,7,9-10,12,16H,5-6H2,1-2H3. The van der Waals surface area contributed by atoms with E-state index in [1.54, 1.807) is 6.07 Å². The molecule has 6 nitrogen and oxygen atoms in total. The van der Waals surface area contributed by atoms with Gasteiger partial charge in [-0.2, -0.15) is 5.26 Å². The molecule has 2 unspecified atom stereocenters. The van der Waals surface area contributed by atoms with E-state index in [9.17, 15) is 10.1 Å². The van der Waals surface area contributed by atoms with E-state index in [1.165, 1.54) is 12.1 Å². The SMILES string of the molecule is CC1CC(Nc2ccc([N+](=O)[O-])cc2C#N)CC(C)O1. The number of nitrogens with one attached hydrogen (secondary N) is 1. The lowest BCUT2D eigenvalue weighted by Gasteiger charge is -2.33. The Morgan fingerprint density at radius 2 is 2.05 bits per heavy atom. The molecule has 0 amide bonds. The average Bonchev–Trinajstić information content (AvgIpc) is 2.37. The van der Waals surface area contributed by atoms with Crippen molar-refractivity contribution in [3.8, 4) is 6.07 Å². The minimum absolute atomic E-state index is 0.0687.